The van der Waals surface area contributed by atoms with Gasteiger partial charge in [0.1, 0.15) is 0 Å². The lowest BCUT2D eigenvalue weighted by Crippen LogP contribution is -1.99. The number of hydrogen-bond acceptors (Lipinski definition) is 3. The lowest BCUT2D eigenvalue weighted by Gasteiger charge is -2.00. The molecule has 2 rings (SSSR count). The number of imidazole rings is 1. The van der Waals surface area contributed by atoms with Crippen molar-refractivity contribution in [1.82, 2.24) is 9.97 Å². The first-order valence-corrected chi connectivity index (χ1v) is 6.36. The van der Waals surface area contributed by atoms with Gasteiger partial charge in [-0.15, -0.1) is 0 Å². The summed E-state index contributed by atoms with van der Waals surface area (Å²) < 4.78 is 22.3. The van der Waals surface area contributed by atoms with Crippen LogP contribution < -0.4 is 5.69 Å². The summed E-state index contributed by atoms with van der Waals surface area (Å²) in [7, 11) is 1.46. The van der Waals surface area contributed by atoms with Crippen LogP contribution in [0.5, 0.6) is 0 Å². The fraction of sp³-hybridized carbons (Fsp3) is 0.125. The first kappa shape index (κ1) is 10.3. The van der Waals surface area contributed by atoms with Crippen molar-refractivity contribution < 1.29 is 8.42 Å². The predicted molar refractivity (Wildman–Crippen MR) is 56.7 cm³/mol. The summed E-state index contributed by atoms with van der Waals surface area (Å²) in [6, 6.07) is 2.90. The third kappa shape index (κ3) is 1.78. The van der Waals surface area contributed by atoms with Gasteiger partial charge in [-0.2, -0.15) is 0 Å². The van der Waals surface area contributed by atoms with Crippen molar-refractivity contribution >= 4 is 30.8 Å². The highest BCUT2D eigenvalue weighted by Crippen LogP contribution is 2.23. The van der Waals surface area contributed by atoms with Crippen LogP contribution in [0.2, 0.25) is 0 Å². The fourth-order valence-corrected chi connectivity index (χ4v) is 2.63. The van der Waals surface area contributed by atoms with Crippen LogP contribution in [0, 0.1) is 6.92 Å². The topological polar surface area (TPSA) is 82.8 Å². The molecule has 0 saturated carbocycles. The molecule has 5 nitrogen and oxygen atoms in total. The number of hydrogen-bond donors (Lipinski definition) is 2. The predicted octanol–water partition coefficient (Wildman–Crippen LogP) is 1.09. The molecule has 0 amide bonds. The maximum Gasteiger partial charge on any atom is 0.323 e. The molecule has 15 heavy (non-hydrogen) atoms. The van der Waals surface area contributed by atoms with Gasteiger partial charge in [-0.05, 0) is 24.6 Å². The van der Waals surface area contributed by atoms with Crippen LogP contribution in [-0.2, 0) is 9.05 Å². The molecule has 2 aromatic rings. The highest BCUT2D eigenvalue weighted by molar-refractivity contribution is 8.13. The number of aryl methyl sites for hydroxylation is 1. The fourth-order valence-electron chi connectivity index (χ4n) is 1.43. The number of benzene rings is 1. The van der Waals surface area contributed by atoms with Crippen molar-refractivity contribution in [2.45, 2.75) is 11.8 Å². The largest absolute Gasteiger partial charge is 0.323 e. The van der Waals surface area contributed by atoms with E-state index < -0.39 is 9.05 Å². The van der Waals surface area contributed by atoms with E-state index in [2.05, 4.69) is 9.97 Å². The molecule has 1 heterocycles. The van der Waals surface area contributed by atoms with E-state index in [1.54, 1.807) is 13.0 Å². The van der Waals surface area contributed by atoms with Crippen molar-refractivity contribution in [3.63, 3.8) is 0 Å². The number of aromatic amines is 2. The van der Waals surface area contributed by atoms with Crippen LogP contribution in [0.4, 0.5) is 0 Å². The van der Waals surface area contributed by atoms with Crippen molar-refractivity contribution in [3.05, 3.63) is 28.2 Å². The van der Waals surface area contributed by atoms with Crippen LogP contribution in [0.15, 0.2) is 21.8 Å². The van der Waals surface area contributed by atoms with Gasteiger partial charge in [0.25, 0.3) is 9.05 Å². The second kappa shape index (κ2) is 3.11. The van der Waals surface area contributed by atoms with Crippen molar-refractivity contribution in [2.24, 2.45) is 0 Å². The third-order valence-corrected chi connectivity index (χ3v) is 3.54. The molecule has 0 atom stereocenters. The molecule has 0 spiro atoms. The van der Waals surface area contributed by atoms with Crippen LogP contribution >= 0.6 is 10.7 Å². The zero-order chi connectivity index (χ0) is 11.2. The normalized spacial score (nSPS) is 12.1. The molecule has 2 N–H and O–H groups in total. The maximum atomic E-state index is 11.2. The average Bonchev–Trinajstić information content (AvgIpc) is 2.40. The van der Waals surface area contributed by atoms with Gasteiger partial charge < -0.3 is 9.97 Å². The summed E-state index contributed by atoms with van der Waals surface area (Å²) in [4.78, 5) is 16.0. The SMILES string of the molecule is Cc1cc2[nH]c(=O)[nH]c2cc1S(=O)(=O)Cl. The van der Waals surface area contributed by atoms with Gasteiger partial charge in [0.2, 0.25) is 0 Å². The van der Waals surface area contributed by atoms with Crippen LogP contribution in [0.3, 0.4) is 0 Å². The minimum Gasteiger partial charge on any atom is -0.306 e. The molecule has 0 aliphatic rings. The first-order chi connectivity index (χ1) is 6.88. The molecule has 1 aromatic heterocycles. The molecular formula is C8H7ClN2O3S. The summed E-state index contributed by atoms with van der Waals surface area (Å²) in [5.74, 6) is 0. The monoisotopic (exact) mass is 246 g/mol. The van der Waals surface area contributed by atoms with Crippen molar-refractivity contribution in [3.8, 4) is 0 Å². The Hall–Kier alpha value is -1.27. The van der Waals surface area contributed by atoms with E-state index in [1.807, 2.05) is 0 Å². The molecular weight excluding hydrogens is 240 g/mol. The third-order valence-electron chi connectivity index (χ3n) is 2.07. The molecule has 0 aliphatic carbocycles. The maximum absolute atomic E-state index is 11.2. The zero-order valence-electron chi connectivity index (χ0n) is 7.67. The molecule has 7 heteroatoms. The molecule has 1 aromatic carbocycles. The van der Waals surface area contributed by atoms with E-state index in [9.17, 15) is 13.2 Å². The highest BCUT2D eigenvalue weighted by Gasteiger charge is 2.15. The lowest BCUT2D eigenvalue weighted by molar-refractivity contribution is 0.609. The second-order valence-corrected chi connectivity index (χ2v) is 5.71. The summed E-state index contributed by atoms with van der Waals surface area (Å²) in [6.45, 7) is 1.61. The first-order valence-electron chi connectivity index (χ1n) is 4.05. The molecule has 80 valence electrons. The van der Waals surface area contributed by atoms with Crippen molar-refractivity contribution in [2.75, 3.05) is 0 Å². The molecule has 0 saturated heterocycles. The van der Waals surface area contributed by atoms with Gasteiger partial charge in [-0.25, -0.2) is 13.2 Å². The van der Waals surface area contributed by atoms with Gasteiger partial charge in [0.15, 0.2) is 0 Å². The Morgan fingerprint density at radius 3 is 2.27 bits per heavy atom. The number of H-pyrrole nitrogens is 2. The Kier molecular flexibility index (Phi) is 2.13. The highest BCUT2D eigenvalue weighted by atomic mass is 35.7. The summed E-state index contributed by atoms with van der Waals surface area (Å²) in [5.41, 5.74) is 1.09. The number of fused-ring (bicyclic) bond motifs is 1. The molecule has 0 radical (unpaired) electrons. The van der Waals surface area contributed by atoms with E-state index in [-0.39, 0.29) is 10.6 Å². The smallest absolute Gasteiger partial charge is 0.306 e. The second-order valence-electron chi connectivity index (χ2n) is 3.18. The van der Waals surface area contributed by atoms with Gasteiger partial charge in [-0.1, -0.05) is 0 Å². The molecule has 0 bridgehead atoms. The van der Waals surface area contributed by atoms with Gasteiger partial charge in [0.05, 0.1) is 15.9 Å². The lowest BCUT2D eigenvalue weighted by atomic mass is 10.2. The van der Waals surface area contributed by atoms with E-state index in [0.29, 0.717) is 16.6 Å². The number of nitrogens with one attached hydrogen (secondary N) is 2. The minimum absolute atomic E-state index is 0.00640. The van der Waals surface area contributed by atoms with E-state index in [4.69, 9.17) is 10.7 Å². The average molecular weight is 247 g/mol. The Morgan fingerprint density at radius 1 is 1.20 bits per heavy atom. The zero-order valence-corrected chi connectivity index (χ0v) is 9.24. The van der Waals surface area contributed by atoms with Gasteiger partial charge in [0, 0.05) is 10.7 Å². The summed E-state index contributed by atoms with van der Waals surface area (Å²) in [5, 5.41) is 0. The van der Waals surface area contributed by atoms with E-state index >= 15 is 0 Å². The summed E-state index contributed by atoms with van der Waals surface area (Å²) >= 11 is 0. The Bertz CT molecular complexity index is 683. The quantitative estimate of drug-likeness (QED) is 0.739. The Balaban J connectivity index is 2.89. The number of rotatable bonds is 1. The standard InChI is InChI=1S/C8H7ClN2O3S/c1-4-2-5-6(11-8(12)10-5)3-7(4)15(9,13)14/h2-3H,1H3,(H2,10,11,12). The number of halogens is 1. The minimum atomic E-state index is -3.78. The summed E-state index contributed by atoms with van der Waals surface area (Å²) in [6.07, 6.45) is 0. The number of aromatic nitrogens is 2. The van der Waals surface area contributed by atoms with Gasteiger partial charge >= 0.3 is 5.69 Å². The molecule has 0 unspecified atom stereocenters. The van der Waals surface area contributed by atoms with Crippen molar-refractivity contribution in [1.29, 1.82) is 0 Å². The van der Waals surface area contributed by atoms with E-state index in [1.165, 1.54) is 6.07 Å². The Morgan fingerprint density at radius 2 is 1.73 bits per heavy atom. The molecule has 0 aliphatic heterocycles. The van der Waals surface area contributed by atoms with Crippen LogP contribution in [-0.4, -0.2) is 18.4 Å². The van der Waals surface area contributed by atoms with Crippen LogP contribution in [0.1, 0.15) is 5.56 Å². The molecule has 0 fully saturated rings. The van der Waals surface area contributed by atoms with Crippen LogP contribution in [0.25, 0.3) is 11.0 Å². The Labute approximate surface area is 89.5 Å². The van der Waals surface area contributed by atoms with E-state index in [0.717, 1.165) is 0 Å². The van der Waals surface area contributed by atoms with Gasteiger partial charge in [-0.3, -0.25) is 0 Å².